The Kier molecular flexibility index (Phi) is 3.72. The van der Waals surface area contributed by atoms with E-state index >= 15 is 0 Å². The molecule has 0 radical (unpaired) electrons. The lowest BCUT2D eigenvalue weighted by atomic mass is 9.97. The number of hydrogen-bond acceptors (Lipinski definition) is 6. The van der Waals surface area contributed by atoms with Gasteiger partial charge in [-0.05, 0) is 19.1 Å². The van der Waals surface area contributed by atoms with Crippen LogP contribution < -0.4 is 0 Å². The minimum absolute atomic E-state index is 0.0320. The van der Waals surface area contributed by atoms with Gasteiger partial charge in [0.25, 0.3) is 5.69 Å². The minimum atomic E-state index is -0.492. The fourth-order valence-electron chi connectivity index (χ4n) is 1.81. The van der Waals surface area contributed by atoms with Gasteiger partial charge in [0.1, 0.15) is 5.94 Å². The second-order valence-corrected chi connectivity index (χ2v) is 4.07. The maximum Gasteiger partial charge on any atom is 0.312 e. The zero-order valence-corrected chi connectivity index (χ0v) is 10.9. The number of non-ortho nitro benzene ring substituents is 1. The average molecular weight is 273 g/mol. The molecule has 2 rings (SSSR count). The van der Waals surface area contributed by atoms with Crippen LogP contribution in [0.5, 0.6) is 0 Å². The standard InChI is InChI=1S/C13H11N3O4/c1-8-11(7-17)12(15-13(14-8)20-2)9-3-5-10(6-4-9)16(18)19/h3-6,8H,1-2H3. The number of hydrogen-bond donors (Lipinski definition) is 0. The van der Waals surface area contributed by atoms with Crippen LogP contribution in [0, 0.1) is 10.1 Å². The normalized spacial score (nSPS) is 17.9. The molecular formula is C13H11N3O4. The smallest absolute Gasteiger partial charge is 0.312 e. The number of nitrogens with zero attached hydrogens (tertiary/aromatic N) is 3. The van der Waals surface area contributed by atoms with Crippen molar-refractivity contribution in [3.8, 4) is 0 Å². The van der Waals surface area contributed by atoms with E-state index in [0.29, 0.717) is 16.8 Å². The lowest BCUT2D eigenvalue weighted by molar-refractivity contribution is -0.384. The molecule has 20 heavy (non-hydrogen) atoms. The lowest BCUT2D eigenvalue weighted by Crippen LogP contribution is -2.24. The summed E-state index contributed by atoms with van der Waals surface area (Å²) in [5.74, 6) is 1.82. The van der Waals surface area contributed by atoms with E-state index in [4.69, 9.17) is 4.74 Å². The van der Waals surface area contributed by atoms with E-state index < -0.39 is 11.0 Å². The van der Waals surface area contributed by atoms with Gasteiger partial charge in [-0.15, -0.1) is 0 Å². The molecule has 0 N–H and O–H groups in total. The van der Waals surface area contributed by atoms with Crippen molar-refractivity contribution in [3.63, 3.8) is 0 Å². The monoisotopic (exact) mass is 273 g/mol. The van der Waals surface area contributed by atoms with E-state index in [1.807, 2.05) is 5.94 Å². The number of methoxy groups -OCH3 is 1. The third kappa shape index (κ3) is 2.48. The zero-order chi connectivity index (χ0) is 14.7. The molecule has 1 aromatic carbocycles. The van der Waals surface area contributed by atoms with Crippen LogP contribution in [0.3, 0.4) is 0 Å². The van der Waals surface area contributed by atoms with E-state index in [2.05, 4.69) is 9.98 Å². The second kappa shape index (κ2) is 5.46. The summed E-state index contributed by atoms with van der Waals surface area (Å²) in [6.45, 7) is 1.72. The van der Waals surface area contributed by atoms with Crippen LogP contribution in [0.4, 0.5) is 5.69 Å². The molecule has 0 aliphatic carbocycles. The second-order valence-electron chi connectivity index (χ2n) is 4.07. The highest BCUT2D eigenvalue weighted by Crippen LogP contribution is 2.20. The van der Waals surface area contributed by atoms with Gasteiger partial charge in [0.15, 0.2) is 0 Å². The van der Waals surface area contributed by atoms with Crippen LogP contribution in [0.1, 0.15) is 12.5 Å². The van der Waals surface area contributed by atoms with E-state index in [1.54, 1.807) is 6.92 Å². The van der Waals surface area contributed by atoms with Crippen LogP contribution in [-0.2, 0) is 9.53 Å². The molecule has 0 spiro atoms. The summed E-state index contributed by atoms with van der Waals surface area (Å²) in [6.07, 6.45) is 0. The molecule has 0 aromatic heterocycles. The van der Waals surface area contributed by atoms with Gasteiger partial charge in [-0.1, -0.05) is 0 Å². The number of carbonyl (C=O) groups excluding carboxylic acids is 1. The number of nitro groups is 1. The Balaban J connectivity index is 2.48. The highest BCUT2D eigenvalue weighted by molar-refractivity contribution is 6.21. The Morgan fingerprint density at radius 3 is 2.50 bits per heavy atom. The SMILES string of the molecule is COC1=NC(C)C(=C=O)C(c2ccc([N+](=O)[O-])cc2)=N1. The molecule has 1 aliphatic rings. The Morgan fingerprint density at radius 1 is 1.35 bits per heavy atom. The van der Waals surface area contributed by atoms with Crippen molar-refractivity contribution >= 4 is 23.4 Å². The number of amidine groups is 1. The van der Waals surface area contributed by atoms with Gasteiger partial charge in [-0.25, -0.2) is 9.79 Å². The molecule has 102 valence electrons. The van der Waals surface area contributed by atoms with Crippen molar-refractivity contribution in [2.45, 2.75) is 13.0 Å². The van der Waals surface area contributed by atoms with Crippen molar-refractivity contribution in [1.29, 1.82) is 0 Å². The summed E-state index contributed by atoms with van der Waals surface area (Å²) in [7, 11) is 1.43. The van der Waals surface area contributed by atoms with Gasteiger partial charge in [-0.3, -0.25) is 10.1 Å². The summed E-state index contributed by atoms with van der Waals surface area (Å²) in [5, 5.41) is 10.6. The molecule has 1 heterocycles. The first-order valence-corrected chi connectivity index (χ1v) is 5.77. The molecule has 7 nitrogen and oxygen atoms in total. The van der Waals surface area contributed by atoms with Crippen LogP contribution in [0.15, 0.2) is 39.8 Å². The molecule has 0 fully saturated rings. The molecule has 1 aliphatic heterocycles. The largest absolute Gasteiger partial charge is 0.467 e. The first-order valence-electron chi connectivity index (χ1n) is 5.77. The molecule has 0 saturated carbocycles. The molecule has 1 aromatic rings. The average Bonchev–Trinajstić information content (AvgIpc) is 2.46. The summed E-state index contributed by atoms with van der Waals surface area (Å²) >= 11 is 0. The quantitative estimate of drug-likeness (QED) is 0.464. The predicted octanol–water partition coefficient (Wildman–Crippen LogP) is 1.55. The van der Waals surface area contributed by atoms with Crippen LogP contribution >= 0.6 is 0 Å². The highest BCUT2D eigenvalue weighted by Gasteiger charge is 2.24. The van der Waals surface area contributed by atoms with Gasteiger partial charge in [0.05, 0.1) is 29.4 Å². The lowest BCUT2D eigenvalue weighted by Gasteiger charge is -2.17. The maximum absolute atomic E-state index is 11.1. The highest BCUT2D eigenvalue weighted by atomic mass is 16.6. The van der Waals surface area contributed by atoms with Crippen LogP contribution in [-0.4, -0.2) is 35.7 Å². The number of nitro benzene ring substituents is 1. The first-order chi connectivity index (χ1) is 9.56. The first kappa shape index (κ1) is 13.6. The molecule has 0 saturated heterocycles. The fraction of sp³-hybridized carbons (Fsp3) is 0.231. The Labute approximate surface area is 114 Å². The minimum Gasteiger partial charge on any atom is -0.467 e. The van der Waals surface area contributed by atoms with Gasteiger partial charge in [-0.2, -0.15) is 4.99 Å². The summed E-state index contributed by atoms with van der Waals surface area (Å²) < 4.78 is 4.98. The van der Waals surface area contributed by atoms with Crippen molar-refractivity contribution in [1.82, 2.24) is 0 Å². The Morgan fingerprint density at radius 2 is 2.00 bits per heavy atom. The van der Waals surface area contributed by atoms with Crippen molar-refractivity contribution in [3.05, 3.63) is 45.5 Å². The topological polar surface area (TPSA) is 94.2 Å². The summed E-state index contributed by atoms with van der Waals surface area (Å²) in [4.78, 5) is 29.4. The number of ether oxygens (including phenoxy) is 1. The van der Waals surface area contributed by atoms with Crippen molar-refractivity contribution in [2.24, 2.45) is 9.98 Å². The summed E-state index contributed by atoms with van der Waals surface area (Å²) in [6, 6.07) is 5.49. The molecule has 0 amide bonds. The van der Waals surface area contributed by atoms with E-state index in [0.717, 1.165) is 0 Å². The van der Waals surface area contributed by atoms with Crippen LogP contribution in [0.25, 0.3) is 0 Å². The predicted molar refractivity (Wildman–Crippen MR) is 72.7 cm³/mol. The number of benzene rings is 1. The Hall–Kier alpha value is -2.79. The van der Waals surface area contributed by atoms with Gasteiger partial charge in [0, 0.05) is 17.7 Å². The van der Waals surface area contributed by atoms with Gasteiger partial charge < -0.3 is 4.74 Å². The van der Waals surface area contributed by atoms with Gasteiger partial charge >= 0.3 is 6.02 Å². The third-order valence-corrected chi connectivity index (χ3v) is 2.83. The molecule has 1 unspecified atom stereocenters. The summed E-state index contributed by atoms with van der Waals surface area (Å²) in [5.41, 5.74) is 1.20. The van der Waals surface area contributed by atoms with Crippen LogP contribution in [0.2, 0.25) is 0 Å². The molecular weight excluding hydrogens is 262 g/mol. The van der Waals surface area contributed by atoms with E-state index in [-0.39, 0.29) is 11.7 Å². The Bertz CT molecular complexity index is 655. The van der Waals surface area contributed by atoms with Crippen molar-refractivity contribution < 1.29 is 14.5 Å². The van der Waals surface area contributed by atoms with Gasteiger partial charge in [0.2, 0.25) is 0 Å². The van der Waals surface area contributed by atoms with Crippen molar-refractivity contribution in [2.75, 3.05) is 7.11 Å². The maximum atomic E-state index is 11.1. The molecule has 1 atom stereocenters. The fourth-order valence-corrected chi connectivity index (χ4v) is 1.81. The van der Waals surface area contributed by atoms with E-state index in [9.17, 15) is 14.9 Å². The number of aliphatic imine (C=N–C) groups is 2. The molecule has 7 heteroatoms. The number of rotatable bonds is 2. The van der Waals surface area contributed by atoms with E-state index in [1.165, 1.54) is 31.4 Å². The third-order valence-electron chi connectivity index (χ3n) is 2.83. The molecule has 0 bridgehead atoms. The zero-order valence-electron chi connectivity index (χ0n) is 10.9.